The van der Waals surface area contributed by atoms with Crippen molar-refractivity contribution in [3.05, 3.63) is 36.2 Å². The third-order valence-corrected chi connectivity index (χ3v) is 2.97. The molecule has 0 spiro atoms. The first-order valence-corrected chi connectivity index (χ1v) is 5.74. The second kappa shape index (κ2) is 7.45. The van der Waals surface area contributed by atoms with Gasteiger partial charge in [-0.3, -0.25) is 0 Å². The van der Waals surface area contributed by atoms with Crippen LogP contribution in [0.25, 0.3) is 11.4 Å². The lowest BCUT2D eigenvalue weighted by molar-refractivity contribution is 0.418. The Morgan fingerprint density at radius 3 is 2.47 bits per heavy atom. The molecule has 5 nitrogen and oxygen atoms in total. The van der Waals surface area contributed by atoms with Crippen LogP contribution in [0.1, 0.15) is 11.6 Å². The van der Waals surface area contributed by atoms with E-state index in [0.29, 0.717) is 11.9 Å². The van der Waals surface area contributed by atoms with E-state index in [1.165, 1.54) is 12.0 Å². The van der Waals surface area contributed by atoms with Crippen LogP contribution >= 0.6 is 24.8 Å². The lowest BCUT2D eigenvalue weighted by atomic mass is 10.0. The van der Waals surface area contributed by atoms with Gasteiger partial charge >= 0.3 is 0 Å². The van der Waals surface area contributed by atoms with E-state index in [1.807, 2.05) is 12.1 Å². The first-order chi connectivity index (χ1) is 8.43. The van der Waals surface area contributed by atoms with Gasteiger partial charge in [0, 0.05) is 31.2 Å². The molecule has 0 radical (unpaired) electrons. The van der Waals surface area contributed by atoms with Crippen LogP contribution < -0.4 is 10.6 Å². The summed E-state index contributed by atoms with van der Waals surface area (Å²) < 4.78 is 4.73. The van der Waals surface area contributed by atoms with Gasteiger partial charge in [-0.15, -0.1) is 24.8 Å². The van der Waals surface area contributed by atoms with Crippen LogP contribution in [-0.2, 0) is 0 Å². The number of aromatic nitrogens is 2. The van der Waals surface area contributed by atoms with Crippen molar-refractivity contribution in [2.24, 2.45) is 0 Å². The largest absolute Gasteiger partial charge is 0.342 e. The minimum Gasteiger partial charge on any atom is -0.342 e. The molecule has 1 aromatic carbocycles. The highest BCUT2D eigenvalue weighted by atomic mass is 35.5. The molecule has 1 unspecified atom stereocenters. The average Bonchev–Trinajstić information content (AvgIpc) is 2.94. The smallest absolute Gasteiger partial charge is 0.214 e. The summed E-state index contributed by atoms with van der Waals surface area (Å²) in [6.07, 6.45) is 1.34. The molecule has 1 saturated heterocycles. The Hall–Kier alpha value is -1.14. The van der Waals surface area contributed by atoms with E-state index in [9.17, 15) is 0 Å². The molecule has 1 aromatic heterocycles. The maximum Gasteiger partial charge on any atom is 0.214 e. The molecule has 7 heteroatoms. The van der Waals surface area contributed by atoms with Crippen LogP contribution in [0.4, 0.5) is 0 Å². The molecule has 2 N–H and O–H groups in total. The summed E-state index contributed by atoms with van der Waals surface area (Å²) in [6, 6.07) is 8.66. The fourth-order valence-electron chi connectivity index (χ4n) is 2.05. The summed E-state index contributed by atoms with van der Waals surface area (Å²) in [6.45, 7) is 3.02. The number of hydrogen-bond acceptors (Lipinski definition) is 5. The van der Waals surface area contributed by atoms with E-state index in [1.54, 1.807) is 0 Å². The second-order valence-electron chi connectivity index (χ2n) is 4.09. The molecule has 0 aliphatic carbocycles. The van der Waals surface area contributed by atoms with E-state index < -0.39 is 0 Å². The summed E-state index contributed by atoms with van der Waals surface area (Å²) in [7, 11) is 0. The van der Waals surface area contributed by atoms with E-state index in [2.05, 4.69) is 32.9 Å². The Labute approximate surface area is 124 Å². The fraction of sp³-hybridized carbons (Fsp3) is 0.333. The molecule has 1 fully saturated rings. The lowest BCUT2D eigenvalue weighted by Crippen LogP contribution is -2.42. The number of benzene rings is 1. The highest BCUT2D eigenvalue weighted by Crippen LogP contribution is 2.19. The van der Waals surface area contributed by atoms with Crippen molar-refractivity contribution in [2.75, 3.05) is 19.6 Å². The van der Waals surface area contributed by atoms with Gasteiger partial charge in [0.2, 0.25) is 12.2 Å². The normalized spacial score (nSPS) is 18.2. The van der Waals surface area contributed by atoms with Crippen molar-refractivity contribution >= 4 is 24.8 Å². The molecule has 1 aliphatic rings. The number of rotatable bonds is 2. The molecule has 19 heavy (non-hydrogen) atoms. The maximum absolute atomic E-state index is 4.73. The topological polar surface area (TPSA) is 63.0 Å². The van der Waals surface area contributed by atoms with Gasteiger partial charge in [-0.05, 0) is 5.56 Å². The zero-order valence-electron chi connectivity index (χ0n) is 10.2. The second-order valence-corrected chi connectivity index (χ2v) is 4.09. The SMILES string of the molecule is Cl.Cl.c1nc(-c2ccc(C3CNCCN3)cc2)no1. The van der Waals surface area contributed by atoms with Gasteiger partial charge in [0.25, 0.3) is 0 Å². The van der Waals surface area contributed by atoms with Crippen molar-refractivity contribution < 1.29 is 4.52 Å². The molecule has 0 bridgehead atoms. The highest BCUT2D eigenvalue weighted by molar-refractivity contribution is 5.85. The Morgan fingerprint density at radius 1 is 1.11 bits per heavy atom. The number of nitrogens with zero attached hydrogens (tertiary/aromatic N) is 2. The summed E-state index contributed by atoms with van der Waals surface area (Å²) in [5, 5.41) is 10.7. The Bertz CT molecular complexity index is 469. The van der Waals surface area contributed by atoms with Crippen LogP contribution in [0.2, 0.25) is 0 Å². The summed E-state index contributed by atoms with van der Waals surface area (Å²) in [5.74, 6) is 0.631. The van der Waals surface area contributed by atoms with Crippen LogP contribution in [0.5, 0.6) is 0 Å². The van der Waals surface area contributed by atoms with Crippen molar-refractivity contribution in [2.45, 2.75) is 6.04 Å². The number of nitrogens with one attached hydrogen (secondary N) is 2. The first kappa shape index (κ1) is 15.9. The molecule has 0 amide bonds. The molecule has 104 valence electrons. The Balaban J connectivity index is 0.000000902. The molecule has 2 heterocycles. The predicted octanol–water partition coefficient (Wildman–Crippen LogP) is 1.81. The van der Waals surface area contributed by atoms with Gasteiger partial charge in [-0.2, -0.15) is 4.98 Å². The maximum atomic E-state index is 4.73. The minimum atomic E-state index is 0. The van der Waals surface area contributed by atoms with Crippen LogP contribution in [-0.4, -0.2) is 29.8 Å². The van der Waals surface area contributed by atoms with Gasteiger partial charge in [0.05, 0.1) is 0 Å². The van der Waals surface area contributed by atoms with Gasteiger partial charge in [-0.25, -0.2) is 0 Å². The van der Waals surface area contributed by atoms with Crippen molar-refractivity contribution in [3.8, 4) is 11.4 Å². The summed E-state index contributed by atoms with van der Waals surface area (Å²) in [5.41, 5.74) is 2.26. The molecular formula is C12H16Cl2N4O. The standard InChI is InChI=1S/C12H14N4O.2ClH/c1-3-10(12-15-8-17-16-12)4-2-9(1)11-7-13-5-6-14-11;;/h1-4,8,11,13-14H,5-7H2;2*1H. The van der Waals surface area contributed by atoms with Crippen molar-refractivity contribution in [3.63, 3.8) is 0 Å². The number of hydrogen-bond donors (Lipinski definition) is 2. The van der Waals surface area contributed by atoms with Crippen LogP contribution in [0.3, 0.4) is 0 Å². The van der Waals surface area contributed by atoms with Crippen molar-refractivity contribution in [1.82, 2.24) is 20.8 Å². The minimum absolute atomic E-state index is 0. The highest BCUT2D eigenvalue weighted by Gasteiger charge is 2.14. The lowest BCUT2D eigenvalue weighted by Gasteiger charge is -2.24. The van der Waals surface area contributed by atoms with Gasteiger partial charge in [0.15, 0.2) is 0 Å². The monoisotopic (exact) mass is 302 g/mol. The van der Waals surface area contributed by atoms with E-state index in [4.69, 9.17) is 4.52 Å². The number of piperazine rings is 1. The average molecular weight is 303 g/mol. The Morgan fingerprint density at radius 2 is 1.89 bits per heavy atom. The molecule has 1 atom stereocenters. The van der Waals surface area contributed by atoms with E-state index >= 15 is 0 Å². The summed E-state index contributed by atoms with van der Waals surface area (Å²) in [4.78, 5) is 4.02. The molecule has 2 aromatic rings. The predicted molar refractivity (Wildman–Crippen MR) is 77.8 cm³/mol. The van der Waals surface area contributed by atoms with Gasteiger partial charge in [-0.1, -0.05) is 29.4 Å². The van der Waals surface area contributed by atoms with Crippen LogP contribution in [0.15, 0.2) is 35.2 Å². The van der Waals surface area contributed by atoms with Gasteiger partial charge < -0.3 is 15.2 Å². The van der Waals surface area contributed by atoms with Crippen LogP contribution in [0, 0.1) is 0 Å². The Kier molecular flexibility index (Phi) is 6.24. The molecule has 3 rings (SSSR count). The van der Waals surface area contributed by atoms with E-state index in [0.717, 1.165) is 25.2 Å². The van der Waals surface area contributed by atoms with Gasteiger partial charge in [0.1, 0.15) is 0 Å². The molecule has 1 aliphatic heterocycles. The zero-order chi connectivity index (χ0) is 11.5. The summed E-state index contributed by atoms with van der Waals surface area (Å²) >= 11 is 0. The zero-order valence-corrected chi connectivity index (χ0v) is 11.8. The molecule has 0 saturated carbocycles. The third kappa shape index (κ3) is 3.67. The third-order valence-electron chi connectivity index (χ3n) is 2.97. The number of halogens is 2. The fourth-order valence-corrected chi connectivity index (χ4v) is 2.05. The quantitative estimate of drug-likeness (QED) is 0.886. The van der Waals surface area contributed by atoms with Crippen molar-refractivity contribution in [1.29, 1.82) is 0 Å². The van der Waals surface area contributed by atoms with E-state index in [-0.39, 0.29) is 24.8 Å². The first-order valence-electron chi connectivity index (χ1n) is 5.74. The molecular weight excluding hydrogens is 287 g/mol.